The van der Waals surface area contributed by atoms with E-state index in [1.54, 1.807) is 13.8 Å². The number of amides is 1. The highest BCUT2D eigenvalue weighted by Gasteiger charge is 2.59. The molecule has 5 rings (SSSR count). The lowest BCUT2D eigenvalue weighted by Gasteiger charge is -2.49. The normalized spacial score (nSPS) is 46.5. The first-order chi connectivity index (χ1) is 21.4. The molecule has 13 atom stereocenters. The number of ether oxygens (including phenoxy) is 5. The fourth-order valence-corrected chi connectivity index (χ4v) is 8.55. The molecule has 5 heterocycles. The molecule has 0 aliphatic carbocycles. The van der Waals surface area contributed by atoms with Crippen molar-refractivity contribution in [1.29, 1.82) is 0 Å². The van der Waals surface area contributed by atoms with Crippen LogP contribution in [0.3, 0.4) is 0 Å². The van der Waals surface area contributed by atoms with E-state index in [0.29, 0.717) is 32.4 Å². The molecule has 3 unspecified atom stereocenters. The molecule has 5 fully saturated rings. The molecule has 12 heteroatoms. The second kappa shape index (κ2) is 14.0. The molecule has 5 aliphatic heterocycles. The molecule has 1 amide bonds. The summed E-state index contributed by atoms with van der Waals surface area (Å²) in [6.45, 7) is 18.8. The van der Waals surface area contributed by atoms with Crippen LogP contribution in [0.1, 0.15) is 88.0 Å². The lowest BCUT2D eigenvalue weighted by Crippen LogP contribution is -2.61. The minimum Gasteiger partial charge on any atom is -0.457 e. The highest BCUT2D eigenvalue weighted by molar-refractivity contribution is 6.04. The number of carbonyl (C=O) groups excluding carboxylic acids is 3. The topological polar surface area (TPSA) is 136 Å². The van der Waals surface area contributed by atoms with Crippen molar-refractivity contribution < 1.29 is 43.2 Å². The van der Waals surface area contributed by atoms with Crippen LogP contribution in [-0.4, -0.2) is 127 Å². The van der Waals surface area contributed by atoms with Crippen molar-refractivity contribution in [2.24, 2.45) is 17.3 Å². The number of alkyl carbamates (subject to hydrolysis) is 1. The molecule has 0 radical (unpaired) electrons. The van der Waals surface area contributed by atoms with Crippen molar-refractivity contribution in [1.82, 2.24) is 15.1 Å². The first-order valence-electron chi connectivity index (χ1n) is 17.2. The molecule has 46 heavy (non-hydrogen) atoms. The number of rotatable bonds is 5. The Morgan fingerprint density at radius 1 is 1.09 bits per heavy atom. The molecule has 5 aliphatic rings. The van der Waals surface area contributed by atoms with E-state index in [0.717, 1.165) is 0 Å². The van der Waals surface area contributed by atoms with Gasteiger partial charge in [-0.15, -0.1) is 0 Å². The molecule has 0 saturated carbocycles. The van der Waals surface area contributed by atoms with Crippen LogP contribution >= 0.6 is 0 Å². The van der Waals surface area contributed by atoms with Gasteiger partial charge in [0.25, 0.3) is 0 Å². The fourth-order valence-electron chi connectivity index (χ4n) is 8.55. The molecule has 2 bridgehead atoms. The number of hydrogen-bond donors (Lipinski definition) is 2. The van der Waals surface area contributed by atoms with Gasteiger partial charge in [0, 0.05) is 31.2 Å². The molecule has 0 aromatic heterocycles. The van der Waals surface area contributed by atoms with Crippen LogP contribution in [0.15, 0.2) is 0 Å². The van der Waals surface area contributed by atoms with Crippen molar-refractivity contribution in [3.63, 3.8) is 0 Å². The number of esters is 1. The Hall–Kier alpha value is -1.83. The maximum atomic E-state index is 14.6. The van der Waals surface area contributed by atoms with Gasteiger partial charge < -0.3 is 39.0 Å². The first-order valence-corrected chi connectivity index (χ1v) is 17.2. The summed E-state index contributed by atoms with van der Waals surface area (Å²) in [4.78, 5) is 45.7. The zero-order valence-electron chi connectivity index (χ0n) is 29.8. The molecule has 0 aromatic carbocycles. The van der Waals surface area contributed by atoms with Crippen molar-refractivity contribution in [2.75, 3.05) is 33.8 Å². The van der Waals surface area contributed by atoms with Crippen LogP contribution in [-0.2, 0) is 33.3 Å². The number of Topliss-reactive ketones (excluding diaryl/α,β-unsaturated/α-hetero) is 1. The van der Waals surface area contributed by atoms with E-state index in [4.69, 9.17) is 23.7 Å². The van der Waals surface area contributed by atoms with Gasteiger partial charge in [0.05, 0.1) is 23.9 Å². The van der Waals surface area contributed by atoms with Gasteiger partial charge in [0.2, 0.25) is 0 Å². The zero-order chi connectivity index (χ0) is 34.4. The summed E-state index contributed by atoms with van der Waals surface area (Å²) in [6.07, 6.45) is -2.63. The van der Waals surface area contributed by atoms with Crippen LogP contribution in [0.2, 0.25) is 0 Å². The van der Waals surface area contributed by atoms with Crippen molar-refractivity contribution in [2.45, 2.75) is 148 Å². The number of ketones is 1. The Kier molecular flexibility index (Phi) is 11.2. The number of likely N-dealkylation sites (N-methyl/N-ethyl adjacent to an activating group) is 2. The van der Waals surface area contributed by atoms with Gasteiger partial charge in [-0.25, -0.2) is 4.79 Å². The number of nitrogens with one attached hydrogen (secondary N) is 1. The lowest BCUT2D eigenvalue weighted by molar-refractivity contribution is -0.300. The highest BCUT2D eigenvalue weighted by atomic mass is 16.7. The quantitative estimate of drug-likeness (QED) is 0.335. The Morgan fingerprint density at radius 2 is 1.76 bits per heavy atom. The summed E-state index contributed by atoms with van der Waals surface area (Å²) in [5, 5.41) is 14.4. The van der Waals surface area contributed by atoms with E-state index in [1.807, 2.05) is 46.7 Å². The Morgan fingerprint density at radius 3 is 2.37 bits per heavy atom. The molecule has 2 N–H and O–H groups in total. The van der Waals surface area contributed by atoms with Crippen molar-refractivity contribution >= 4 is 17.8 Å². The maximum absolute atomic E-state index is 14.6. The average molecular weight is 654 g/mol. The summed E-state index contributed by atoms with van der Waals surface area (Å²) >= 11 is 0. The lowest BCUT2D eigenvalue weighted by atomic mass is 9.70. The van der Waals surface area contributed by atoms with E-state index in [9.17, 15) is 19.5 Å². The molecule has 264 valence electrons. The second-order valence-corrected chi connectivity index (χ2v) is 15.2. The van der Waals surface area contributed by atoms with E-state index >= 15 is 0 Å². The fraction of sp³-hybridized carbons (Fsp3) is 0.912. The van der Waals surface area contributed by atoms with Crippen LogP contribution in [0, 0.1) is 17.3 Å². The Labute approximate surface area is 275 Å². The van der Waals surface area contributed by atoms with Gasteiger partial charge >= 0.3 is 12.1 Å². The molecule has 0 spiro atoms. The largest absolute Gasteiger partial charge is 0.457 e. The number of aliphatic hydroxyl groups excluding tert-OH is 1. The molecular formula is C34H59N3O9. The van der Waals surface area contributed by atoms with Gasteiger partial charge in [-0.2, -0.15) is 0 Å². The molecule has 12 nitrogen and oxygen atoms in total. The third kappa shape index (κ3) is 6.85. The second-order valence-electron chi connectivity index (χ2n) is 15.2. The van der Waals surface area contributed by atoms with Crippen LogP contribution in [0.5, 0.6) is 0 Å². The number of nitrogens with zero attached hydrogens (tertiary/aromatic N) is 2. The number of aliphatic hydroxyl groups is 1. The zero-order valence-corrected chi connectivity index (χ0v) is 29.8. The number of fused-ring (bicyclic) bond motifs is 10. The predicted octanol–water partition coefficient (Wildman–Crippen LogP) is 3.13. The third-order valence-corrected chi connectivity index (χ3v) is 11.3. The van der Waals surface area contributed by atoms with Crippen LogP contribution < -0.4 is 5.32 Å². The van der Waals surface area contributed by atoms with Crippen LogP contribution in [0.4, 0.5) is 4.79 Å². The highest BCUT2D eigenvalue weighted by Crippen LogP contribution is 2.43. The van der Waals surface area contributed by atoms with Gasteiger partial charge in [0.1, 0.15) is 17.6 Å². The molecular weight excluding hydrogens is 594 g/mol. The minimum absolute atomic E-state index is 0.0755. The van der Waals surface area contributed by atoms with E-state index < -0.39 is 65.2 Å². The minimum atomic E-state index is -1.55. The van der Waals surface area contributed by atoms with Gasteiger partial charge in [-0.05, 0) is 86.9 Å². The number of carbonyl (C=O) groups is 3. The van der Waals surface area contributed by atoms with Gasteiger partial charge in [-0.1, -0.05) is 27.7 Å². The summed E-state index contributed by atoms with van der Waals surface area (Å²) in [5.41, 5.74) is -3.65. The Bertz CT molecular complexity index is 1120. The van der Waals surface area contributed by atoms with Gasteiger partial charge in [0.15, 0.2) is 17.7 Å². The monoisotopic (exact) mass is 653 g/mol. The van der Waals surface area contributed by atoms with Crippen LogP contribution in [0.25, 0.3) is 0 Å². The SMILES string of the molecule is CC[C@H]1OC(=O)[C@@]2(C)CCO[C@@](C)(C[C@@H](C)CN(CC)[C@H](C)[C@H]3NC(=O)O[C@@]31C)[C@H](O[C@@H]1OC(C)CC(N(C)C)C1O)[C@@H](C)C2=O. The third-order valence-electron chi connectivity index (χ3n) is 11.3. The smallest absolute Gasteiger partial charge is 0.408 e. The van der Waals surface area contributed by atoms with E-state index in [-0.39, 0.29) is 42.9 Å². The van der Waals surface area contributed by atoms with Gasteiger partial charge in [-0.3, -0.25) is 14.5 Å². The van der Waals surface area contributed by atoms with E-state index in [1.165, 1.54) is 0 Å². The maximum Gasteiger partial charge on any atom is 0.408 e. The molecule has 0 aromatic rings. The average Bonchev–Trinajstić information content (AvgIpc) is 3.30. The molecule has 5 saturated heterocycles. The summed E-state index contributed by atoms with van der Waals surface area (Å²) in [6, 6.07) is -0.819. The number of hydrogen-bond acceptors (Lipinski definition) is 11. The standard InChI is InChI=1S/C34H59N3O9/c1-12-24-34(9)26(35-31(41)46-34)22(6)37(13-2)18-19(3)17-33(8)28(45-29-25(38)23(36(10)11)16-20(4)43-29)21(5)27(39)32(7,14-15-42-33)30(40)44-24/h19-26,28-29,38H,12-18H2,1-11H3,(H,35,41)/t19-,20?,21+,22-,23?,24-,25?,26-,28-,29+,32+,33+,34-/m1/s1. The van der Waals surface area contributed by atoms with E-state index in [2.05, 4.69) is 31.0 Å². The van der Waals surface area contributed by atoms with Crippen molar-refractivity contribution in [3.05, 3.63) is 0 Å². The predicted molar refractivity (Wildman–Crippen MR) is 171 cm³/mol. The van der Waals surface area contributed by atoms with Crippen molar-refractivity contribution in [3.8, 4) is 0 Å². The summed E-state index contributed by atoms with van der Waals surface area (Å²) in [5.74, 6) is -1.72. The Balaban J connectivity index is 1.80. The summed E-state index contributed by atoms with van der Waals surface area (Å²) < 4.78 is 31.7. The first kappa shape index (κ1) is 37.0. The summed E-state index contributed by atoms with van der Waals surface area (Å²) in [7, 11) is 3.83.